The van der Waals surface area contributed by atoms with E-state index in [2.05, 4.69) is 42.5 Å². The van der Waals surface area contributed by atoms with Crippen molar-refractivity contribution >= 4 is 87.4 Å². The molecule has 0 radical (unpaired) electrons. The second-order valence-electron chi connectivity index (χ2n) is 15.8. The maximum Gasteiger partial charge on any atom is 0.305 e. The number of aryl methyl sites for hydroxylation is 6. The summed E-state index contributed by atoms with van der Waals surface area (Å²) < 4.78 is 9.10. The molecule has 0 unspecified atom stereocenters. The lowest BCUT2D eigenvalue weighted by molar-refractivity contribution is -0.136. The third kappa shape index (κ3) is 11.8. The van der Waals surface area contributed by atoms with E-state index in [0.717, 1.165) is 0 Å². The van der Waals surface area contributed by atoms with Crippen LogP contribution in [0.15, 0.2) is 73.6 Å². The molecule has 0 aliphatic carbocycles. The molecule has 0 aliphatic rings. The van der Waals surface area contributed by atoms with Crippen LogP contribution in [-0.2, 0) is 56.7 Å². The molecule has 0 aliphatic heterocycles. The van der Waals surface area contributed by atoms with Gasteiger partial charge in [0.2, 0.25) is 11.8 Å². The molecule has 8 amide bonds. The van der Waals surface area contributed by atoms with Crippen LogP contribution in [-0.4, -0.2) is 98.8 Å². The van der Waals surface area contributed by atoms with Gasteiger partial charge in [0.25, 0.3) is 35.4 Å². The van der Waals surface area contributed by atoms with Gasteiger partial charge in [-0.15, -0.1) is 0 Å². The van der Waals surface area contributed by atoms with Gasteiger partial charge < -0.3 is 75.0 Å². The number of amides is 8. The summed E-state index contributed by atoms with van der Waals surface area (Å²) in [5.41, 5.74) is 3.38. The molecular formula is C44H50N14O10. The highest BCUT2D eigenvalue weighted by atomic mass is 16.4. The summed E-state index contributed by atoms with van der Waals surface area (Å²) in [6.07, 6.45) is 8.97. The topological polar surface area (TPSA) is 300 Å². The Morgan fingerprint density at radius 3 is 0.912 bits per heavy atom. The number of carboxylic acids is 1. The first-order valence-electron chi connectivity index (χ1n) is 20.7. The fraction of sp³-hybridized carbons (Fsp3) is 0.250. The molecule has 0 atom stereocenters. The van der Waals surface area contributed by atoms with Gasteiger partial charge in [-0.3, -0.25) is 43.2 Å². The zero-order valence-electron chi connectivity index (χ0n) is 38.1. The highest BCUT2D eigenvalue weighted by molar-refractivity contribution is 6.09. The Morgan fingerprint density at radius 1 is 0.382 bits per heavy atom. The van der Waals surface area contributed by atoms with Crippen LogP contribution in [0, 0.1) is 0 Å². The Kier molecular flexibility index (Phi) is 14.5. The van der Waals surface area contributed by atoms with Crippen molar-refractivity contribution in [1.29, 1.82) is 0 Å². The summed E-state index contributed by atoms with van der Waals surface area (Å²) in [6.45, 7) is 1.27. The molecule has 356 valence electrons. The molecule has 6 aromatic rings. The van der Waals surface area contributed by atoms with E-state index in [9.17, 15) is 43.2 Å². The minimum absolute atomic E-state index is 0.0356. The van der Waals surface area contributed by atoms with E-state index >= 15 is 0 Å². The van der Waals surface area contributed by atoms with Crippen LogP contribution in [0.25, 0.3) is 0 Å². The van der Waals surface area contributed by atoms with Gasteiger partial charge in [0.1, 0.15) is 34.2 Å². The predicted molar refractivity (Wildman–Crippen MR) is 249 cm³/mol. The van der Waals surface area contributed by atoms with Gasteiger partial charge in [0, 0.05) is 106 Å². The maximum atomic E-state index is 13.3. The average Bonchev–Trinajstić information content (AvgIpc) is 4.11. The van der Waals surface area contributed by atoms with E-state index in [1.807, 2.05) is 0 Å². The fourth-order valence-corrected chi connectivity index (χ4v) is 7.11. The van der Waals surface area contributed by atoms with Crippen LogP contribution in [0.4, 0.5) is 34.1 Å². The average molecular weight is 935 g/mol. The molecule has 24 nitrogen and oxygen atoms in total. The Labute approximate surface area is 387 Å². The first-order chi connectivity index (χ1) is 32.1. The number of aliphatic carboxylic acids is 1. The standard InChI is InChI=1S/C44H50N14O10/c1-24(59)47-25-12-33(55(4)18-25)41(65)51-29-16-35(57(6)22-29)43(67)49-27-14-31(53(2)20-27)39(63)45-10-8-37(60)48-26-13-34(56(5)19-26)42(66)52-30-17-36(58(7)23-30)44(68)50-28-15-32(54(3)21-28)40(64)46-11-9-38(61)62/h12-23H,8-11H2,1-7H3,(H,45,63)(H,46,64)(H,47,59)(H,48,60)(H,49,67)(H,50,68)(H,51,65)(H,52,66)(H,61,62). The third-order valence-corrected chi connectivity index (χ3v) is 10.3. The van der Waals surface area contributed by atoms with Gasteiger partial charge in [-0.2, -0.15) is 0 Å². The lowest BCUT2D eigenvalue weighted by Crippen LogP contribution is -2.28. The van der Waals surface area contributed by atoms with Crippen molar-refractivity contribution in [2.45, 2.75) is 19.8 Å². The summed E-state index contributed by atoms with van der Waals surface area (Å²) in [4.78, 5) is 113. The molecule has 68 heavy (non-hydrogen) atoms. The molecule has 0 saturated carbocycles. The van der Waals surface area contributed by atoms with Gasteiger partial charge in [0.15, 0.2) is 0 Å². The molecule has 0 bridgehead atoms. The van der Waals surface area contributed by atoms with Crippen LogP contribution >= 0.6 is 0 Å². The minimum atomic E-state index is -1.05. The Balaban J connectivity index is 0.958. The van der Waals surface area contributed by atoms with E-state index in [0.29, 0.717) is 34.1 Å². The van der Waals surface area contributed by atoms with Gasteiger partial charge in [0.05, 0.1) is 40.5 Å². The molecule has 9 N–H and O–H groups in total. The van der Waals surface area contributed by atoms with Gasteiger partial charge in [-0.25, -0.2) is 0 Å². The van der Waals surface area contributed by atoms with Gasteiger partial charge in [-0.1, -0.05) is 0 Å². The van der Waals surface area contributed by atoms with E-state index in [4.69, 9.17) is 5.11 Å². The molecule has 0 fully saturated rings. The van der Waals surface area contributed by atoms with Crippen molar-refractivity contribution in [2.24, 2.45) is 42.3 Å². The maximum absolute atomic E-state index is 13.3. The van der Waals surface area contributed by atoms with Crippen molar-refractivity contribution in [3.63, 3.8) is 0 Å². The van der Waals surface area contributed by atoms with Gasteiger partial charge in [-0.05, 0) is 36.4 Å². The summed E-state index contributed by atoms with van der Waals surface area (Å²) in [5.74, 6) is -4.79. The Bertz CT molecular complexity index is 2990. The zero-order chi connectivity index (χ0) is 49.6. The molecule has 0 saturated heterocycles. The Morgan fingerprint density at radius 2 is 0.632 bits per heavy atom. The van der Waals surface area contributed by atoms with Crippen LogP contribution in [0.2, 0.25) is 0 Å². The number of carboxylic acid groups (broad SMARTS) is 1. The third-order valence-electron chi connectivity index (χ3n) is 10.3. The summed E-state index contributed by atoms with van der Waals surface area (Å²) in [5, 5.41) is 30.3. The quantitative estimate of drug-likeness (QED) is 0.0607. The number of hydrogen-bond donors (Lipinski definition) is 9. The van der Waals surface area contributed by atoms with Crippen molar-refractivity contribution in [3.05, 3.63) is 108 Å². The molecule has 6 rings (SSSR count). The normalized spacial score (nSPS) is 10.8. The van der Waals surface area contributed by atoms with Crippen LogP contribution < -0.4 is 42.5 Å². The van der Waals surface area contributed by atoms with E-state index in [1.54, 1.807) is 65.4 Å². The number of hydrogen-bond acceptors (Lipinski definition) is 9. The SMILES string of the molecule is CC(=O)Nc1cc(C(=O)Nc2cc(C(=O)Nc3cc(C(=O)NCCC(=O)Nc4cc(C(=O)Nc5cc(C(=O)Nc6cc(C(=O)NCCC(=O)O)n(C)c6)n(C)c5)n(C)c4)n(C)c3)n(C)c2)n(C)c1. The smallest absolute Gasteiger partial charge is 0.305 e. The molecule has 0 spiro atoms. The first-order valence-corrected chi connectivity index (χ1v) is 20.7. The van der Waals surface area contributed by atoms with E-state index in [-0.39, 0.29) is 66.0 Å². The predicted octanol–water partition coefficient (Wildman–Crippen LogP) is 2.65. The number of carbonyl (C=O) groups is 9. The van der Waals surface area contributed by atoms with Crippen molar-refractivity contribution in [2.75, 3.05) is 45.0 Å². The van der Waals surface area contributed by atoms with Crippen molar-refractivity contribution < 1.29 is 48.3 Å². The number of aromatic nitrogens is 6. The molecule has 6 heterocycles. The van der Waals surface area contributed by atoms with Crippen LogP contribution in [0.3, 0.4) is 0 Å². The number of carbonyl (C=O) groups excluding carboxylic acids is 8. The highest BCUT2D eigenvalue weighted by Gasteiger charge is 2.21. The summed E-state index contributed by atoms with van der Waals surface area (Å²) in [7, 11) is 9.74. The molecule has 0 aromatic carbocycles. The lowest BCUT2D eigenvalue weighted by atomic mass is 10.3. The minimum Gasteiger partial charge on any atom is -0.481 e. The number of nitrogens with zero attached hydrogens (tertiary/aromatic N) is 6. The monoisotopic (exact) mass is 934 g/mol. The van der Waals surface area contributed by atoms with Crippen LogP contribution in [0.1, 0.15) is 82.7 Å². The zero-order valence-corrected chi connectivity index (χ0v) is 38.1. The van der Waals surface area contributed by atoms with Crippen molar-refractivity contribution in [1.82, 2.24) is 38.0 Å². The van der Waals surface area contributed by atoms with Crippen LogP contribution in [0.5, 0.6) is 0 Å². The summed E-state index contributed by atoms with van der Waals surface area (Å²) >= 11 is 0. The molecule has 24 heteroatoms. The van der Waals surface area contributed by atoms with Crippen molar-refractivity contribution in [3.8, 4) is 0 Å². The number of rotatable bonds is 18. The van der Waals surface area contributed by atoms with E-state index < -0.39 is 47.3 Å². The first kappa shape index (κ1) is 48.4. The largest absolute Gasteiger partial charge is 0.481 e. The lowest BCUT2D eigenvalue weighted by Gasteiger charge is -2.06. The second-order valence-corrected chi connectivity index (χ2v) is 15.8. The fourth-order valence-electron chi connectivity index (χ4n) is 7.11. The number of nitrogens with one attached hydrogen (secondary N) is 8. The Hall–Kier alpha value is -9.09. The molecule has 6 aromatic heterocycles. The van der Waals surface area contributed by atoms with Gasteiger partial charge >= 0.3 is 5.97 Å². The summed E-state index contributed by atoms with van der Waals surface area (Å²) in [6, 6.07) is 8.88. The number of anilines is 6. The van der Waals surface area contributed by atoms with E-state index in [1.165, 1.54) is 84.7 Å². The second kappa shape index (κ2) is 20.4. The molecular weight excluding hydrogens is 885 g/mol. The highest BCUT2D eigenvalue weighted by Crippen LogP contribution is 2.22.